The Kier molecular flexibility index (Phi) is 4.50. The molecule has 0 aliphatic rings. The van der Waals surface area contributed by atoms with Gasteiger partial charge in [0.2, 0.25) is 0 Å². The van der Waals surface area contributed by atoms with E-state index in [1.54, 1.807) is 0 Å². The SMILES string of the molecule is CCCN(CC(=O)OC)C(=O)c1c[nH]c(=O)[nH]1. The van der Waals surface area contributed by atoms with Crippen molar-refractivity contribution < 1.29 is 14.3 Å². The van der Waals surface area contributed by atoms with Gasteiger partial charge in [0, 0.05) is 12.7 Å². The topological polar surface area (TPSA) is 95.3 Å². The van der Waals surface area contributed by atoms with Crippen LogP contribution in [0, 0.1) is 0 Å². The minimum atomic E-state index is -0.496. The monoisotopic (exact) mass is 241 g/mol. The van der Waals surface area contributed by atoms with Crippen LogP contribution in [0.4, 0.5) is 0 Å². The Hall–Kier alpha value is -2.05. The van der Waals surface area contributed by atoms with Crippen molar-refractivity contribution in [3.05, 3.63) is 22.4 Å². The summed E-state index contributed by atoms with van der Waals surface area (Å²) in [5.74, 6) is -0.903. The smallest absolute Gasteiger partial charge is 0.325 e. The highest BCUT2D eigenvalue weighted by Gasteiger charge is 2.19. The fourth-order valence-corrected chi connectivity index (χ4v) is 1.36. The maximum Gasteiger partial charge on any atom is 0.325 e. The van der Waals surface area contributed by atoms with Gasteiger partial charge in [-0.1, -0.05) is 6.92 Å². The number of nitrogens with zero attached hydrogens (tertiary/aromatic N) is 1. The summed E-state index contributed by atoms with van der Waals surface area (Å²) in [4.78, 5) is 40.0. The number of imidazole rings is 1. The number of rotatable bonds is 5. The van der Waals surface area contributed by atoms with Crippen LogP contribution in [0.25, 0.3) is 0 Å². The Bertz CT molecular complexity index is 448. The zero-order chi connectivity index (χ0) is 12.8. The summed E-state index contributed by atoms with van der Waals surface area (Å²) in [6, 6.07) is 0. The number of esters is 1. The fourth-order valence-electron chi connectivity index (χ4n) is 1.36. The van der Waals surface area contributed by atoms with E-state index in [2.05, 4.69) is 14.7 Å². The molecule has 0 aromatic carbocycles. The van der Waals surface area contributed by atoms with Gasteiger partial charge in [0.05, 0.1) is 7.11 Å². The summed E-state index contributed by atoms with van der Waals surface area (Å²) in [7, 11) is 1.26. The van der Waals surface area contributed by atoms with E-state index in [9.17, 15) is 14.4 Å². The molecule has 7 nitrogen and oxygen atoms in total. The minimum absolute atomic E-state index is 0.129. The lowest BCUT2D eigenvalue weighted by atomic mass is 10.3. The summed E-state index contributed by atoms with van der Waals surface area (Å²) in [6.45, 7) is 2.18. The average Bonchev–Trinajstić information content (AvgIpc) is 2.74. The minimum Gasteiger partial charge on any atom is -0.468 e. The van der Waals surface area contributed by atoms with E-state index in [0.29, 0.717) is 13.0 Å². The number of nitrogens with one attached hydrogen (secondary N) is 2. The highest BCUT2D eigenvalue weighted by Crippen LogP contribution is 2.01. The number of aromatic nitrogens is 2. The molecule has 0 unspecified atom stereocenters. The van der Waals surface area contributed by atoms with Crippen molar-refractivity contribution in [2.75, 3.05) is 20.2 Å². The van der Waals surface area contributed by atoms with Gasteiger partial charge in [-0.3, -0.25) is 9.59 Å². The van der Waals surface area contributed by atoms with Crippen LogP contribution in [0.5, 0.6) is 0 Å². The highest BCUT2D eigenvalue weighted by atomic mass is 16.5. The van der Waals surface area contributed by atoms with Crippen molar-refractivity contribution in [2.24, 2.45) is 0 Å². The molecule has 0 radical (unpaired) electrons. The quantitative estimate of drug-likeness (QED) is 0.693. The van der Waals surface area contributed by atoms with Crippen molar-refractivity contribution in [3.8, 4) is 0 Å². The molecule has 94 valence electrons. The molecule has 7 heteroatoms. The van der Waals surface area contributed by atoms with Crippen molar-refractivity contribution in [3.63, 3.8) is 0 Å². The van der Waals surface area contributed by atoms with Crippen LogP contribution in [0.15, 0.2) is 11.0 Å². The lowest BCUT2D eigenvalue weighted by molar-refractivity contribution is -0.141. The van der Waals surface area contributed by atoms with Crippen molar-refractivity contribution in [2.45, 2.75) is 13.3 Å². The van der Waals surface area contributed by atoms with Crippen LogP contribution in [0.2, 0.25) is 0 Å². The summed E-state index contributed by atoms with van der Waals surface area (Å²) in [6.07, 6.45) is 1.99. The maximum atomic E-state index is 11.9. The van der Waals surface area contributed by atoms with Crippen molar-refractivity contribution in [1.29, 1.82) is 0 Å². The molecule has 1 rings (SSSR count). The first-order valence-corrected chi connectivity index (χ1v) is 5.22. The second-order valence-electron chi connectivity index (χ2n) is 3.46. The molecule has 0 aliphatic heterocycles. The van der Waals surface area contributed by atoms with Crippen molar-refractivity contribution in [1.82, 2.24) is 14.9 Å². The fraction of sp³-hybridized carbons (Fsp3) is 0.500. The molecule has 0 fully saturated rings. The number of carbonyl (C=O) groups is 2. The molecule has 0 aliphatic carbocycles. The average molecular weight is 241 g/mol. The predicted octanol–water partition coefficient (Wildman–Crippen LogP) is -0.272. The van der Waals surface area contributed by atoms with E-state index in [1.165, 1.54) is 18.2 Å². The molecule has 1 aromatic rings. The van der Waals surface area contributed by atoms with Gasteiger partial charge in [0.25, 0.3) is 5.91 Å². The molecular weight excluding hydrogens is 226 g/mol. The van der Waals surface area contributed by atoms with Gasteiger partial charge in [0.1, 0.15) is 12.2 Å². The zero-order valence-corrected chi connectivity index (χ0v) is 9.78. The molecule has 0 bridgehead atoms. The van der Waals surface area contributed by atoms with Gasteiger partial charge in [-0.2, -0.15) is 0 Å². The van der Waals surface area contributed by atoms with Crippen LogP contribution in [-0.4, -0.2) is 46.9 Å². The number of ether oxygens (including phenoxy) is 1. The van der Waals surface area contributed by atoms with Crippen LogP contribution < -0.4 is 5.69 Å². The molecule has 1 aromatic heterocycles. The molecular formula is C10H15N3O4. The number of aromatic amines is 2. The molecule has 0 saturated heterocycles. The number of carbonyl (C=O) groups excluding carboxylic acids is 2. The van der Waals surface area contributed by atoms with Crippen LogP contribution >= 0.6 is 0 Å². The molecule has 0 spiro atoms. The molecule has 0 saturated carbocycles. The second kappa shape index (κ2) is 5.88. The highest BCUT2D eigenvalue weighted by molar-refractivity contribution is 5.94. The third kappa shape index (κ3) is 3.47. The van der Waals surface area contributed by atoms with E-state index < -0.39 is 17.6 Å². The Labute approximate surface area is 97.8 Å². The Morgan fingerprint density at radius 3 is 2.65 bits per heavy atom. The van der Waals surface area contributed by atoms with Gasteiger partial charge in [0.15, 0.2) is 0 Å². The van der Waals surface area contributed by atoms with Crippen molar-refractivity contribution >= 4 is 11.9 Å². The lowest BCUT2D eigenvalue weighted by Crippen LogP contribution is -2.37. The van der Waals surface area contributed by atoms with Gasteiger partial charge in [-0.05, 0) is 6.42 Å². The maximum absolute atomic E-state index is 11.9. The Balaban J connectivity index is 2.79. The zero-order valence-electron chi connectivity index (χ0n) is 9.78. The second-order valence-corrected chi connectivity index (χ2v) is 3.46. The molecule has 17 heavy (non-hydrogen) atoms. The number of hydrogen-bond donors (Lipinski definition) is 2. The van der Waals surface area contributed by atoms with E-state index in [1.807, 2.05) is 6.92 Å². The third-order valence-electron chi connectivity index (χ3n) is 2.15. The first-order valence-electron chi connectivity index (χ1n) is 5.22. The summed E-state index contributed by atoms with van der Waals surface area (Å²) >= 11 is 0. The lowest BCUT2D eigenvalue weighted by Gasteiger charge is -2.19. The largest absolute Gasteiger partial charge is 0.468 e. The van der Waals surface area contributed by atoms with E-state index in [4.69, 9.17) is 0 Å². The molecule has 1 heterocycles. The molecule has 0 atom stereocenters. The Morgan fingerprint density at radius 1 is 1.47 bits per heavy atom. The number of H-pyrrole nitrogens is 2. The predicted molar refractivity (Wildman–Crippen MR) is 59.6 cm³/mol. The first-order chi connectivity index (χ1) is 8.08. The Morgan fingerprint density at radius 2 is 2.18 bits per heavy atom. The molecule has 1 amide bonds. The van der Waals surface area contributed by atoms with Crippen LogP contribution in [0.1, 0.15) is 23.8 Å². The van der Waals surface area contributed by atoms with E-state index in [0.717, 1.165) is 0 Å². The van der Waals surface area contributed by atoms with E-state index in [-0.39, 0.29) is 12.2 Å². The number of hydrogen-bond acceptors (Lipinski definition) is 4. The van der Waals surface area contributed by atoms with Crippen LogP contribution in [0.3, 0.4) is 0 Å². The first kappa shape index (κ1) is 13.0. The number of amides is 1. The van der Waals surface area contributed by atoms with Gasteiger partial charge in [-0.15, -0.1) is 0 Å². The van der Waals surface area contributed by atoms with Gasteiger partial charge >= 0.3 is 11.7 Å². The third-order valence-corrected chi connectivity index (χ3v) is 2.15. The number of methoxy groups -OCH3 is 1. The standard InChI is InChI=1S/C10H15N3O4/c1-3-4-13(6-8(14)17-2)9(15)7-5-11-10(16)12-7/h5H,3-4,6H2,1-2H3,(H2,11,12,16). The summed E-state index contributed by atoms with van der Waals surface area (Å²) in [5, 5.41) is 0. The normalized spacial score (nSPS) is 10.0. The van der Waals surface area contributed by atoms with Crippen LogP contribution in [-0.2, 0) is 9.53 Å². The summed E-state index contributed by atoms with van der Waals surface area (Å²) in [5.41, 5.74) is -0.324. The van der Waals surface area contributed by atoms with Gasteiger partial charge in [-0.25, -0.2) is 4.79 Å². The molecule has 2 N–H and O–H groups in total. The van der Waals surface area contributed by atoms with Gasteiger partial charge < -0.3 is 19.6 Å². The summed E-state index contributed by atoms with van der Waals surface area (Å²) < 4.78 is 4.51. The van der Waals surface area contributed by atoms with E-state index >= 15 is 0 Å².